The van der Waals surface area contributed by atoms with E-state index in [1.807, 2.05) is 37.4 Å². The van der Waals surface area contributed by atoms with Gasteiger partial charge in [0.1, 0.15) is 0 Å². The minimum absolute atomic E-state index is 0.143. The standard InChI is InChI=1S/C16H16N2S/c1-18-15-12-9-5-6-10-13(12)19-16(15)14(17)11-7-3-2-4-8-11/h2-10,15-18H,1H3. The second-order valence-electron chi connectivity index (χ2n) is 4.62. The molecule has 2 aromatic rings. The lowest BCUT2D eigenvalue weighted by atomic mass is 9.97. The fraction of sp³-hybridized carbons (Fsp3) is 0.188. The van der Waals surface area contributed by atoms with E-state index in [1.165, 1.54) is 10.5 Å². The maximum atomic E-state index is 8.48. The highest BCUT2D eigenvalue weighted by Gasteiger charge is 2.35. The van der Waals surface area contributed by atoms with Crippen molar-refractivity contribution in [1.82, 2.24) is 5.32 Å². The second kappa shape index (κ2) is 5.19. The van der Waals surface area contributed by atoms with Crippen molar-refractivity contribution in [2.24, 2.45) is 0 Å². The van der Waals surface area contributed by atoms with Crippen LogP contribution in [-0.4, -0.2) is 18.0 Å². The van der Waals surface area contributed by atoms with E-state index in [2.05, 4.69) is 29.6 Å². The van der Waals surface area contributed by atoms with Crippen molar-refractivity contribution in [3.63, 3.8) is 0 Å². The third-order valence-electron chi connectivity index (χ3n) is 3.49. The molecule has 0 aliphatic carbocycles. The van der Waals surface area contributed by atoms with Crippen LogP contribution in [-0.2, 0) is 0 Å². The fourth-order valence-electron chi connectivity index (χ4n) is 2.53. The van der Waals surface area contributed by atoms with Gasteiger partial charge < -0.3 is 10.7 Å². The van der Waals surface area contributed by atoms with Gasteiger partial charge in [0.05, 0.1) is 17.0 Å². The van der Waals surface area contributed by atoms with Gasteiger partial charge in [-0.3, -0.25) is 0 Å². The van der Waals surface area contributed by atoms with Crippen LogP contribution in [0.1, 0.15) is 17.2 Å². The molecular formula is C16H16N2S. The van der Waals surface area contributed by atoms with Crippen LogP contribution < -0.4 is 5.32 Å². The molecular weight excluding hydrogens is 252 g/mol. The van der Waals surface area contributed by atoms with E-state index in [0.29, 0.717) is 5.71 Å². The third kappa shape index (κ3) is 2.20. The number of thioether (sulfide) groups is 1. The number of benzene rings is 2. The maximum absolute atomic E-state index is 8.48. The summed E-state index contributed by atoms with van der Waals surface area (Å²) >= 11 is 1.78. The van der Waals surface area contributed by atoms with Gasteiger partial charge in [-0.2, -0.15) is 0 Å². The van der Waals surface area contributed by atoms with E-state index in [9.17, 15) is 0 Å². The molecule has 1 heterocycles. The van der Waals surface area contributed by atoms with Crippen molar-refractivity contribution in [1.29, 1.82) is 5.41 Å². The highest BCUT2D eigenvalue weighted by Crippen LogP contribution is 2.44. The molecule has 2 nitrogen and oxygen atoms in total. The molecule has 19 heavy (non-hydrogen) atoms. The molecule has 2 atom stereocenters. The normalized spacial score (nSPS) is 21.1. The maximum Gasteiger partial charge on any atom is 0.0711 e. The molecule has 2 aromatic carbocycles. The Morgan fingerprint density at radius 2 is 1.74 bits per heavy atom. The van der Waals surface area contributed by atoms with Crippen LogP contribution in [0.4, 0.5) is 0 Å². The molecule has 0 spiro atoms. The highest BCUT2D eigenvalue weighted by molar-refractivity contribution is 8.01. The first kappa shape index (κ1) is 12.5. The Kier molecular flexibility index (Phi) is 3.40. The molecule has 0 amide bonds. The van der Waals surface area contributed by atoms with Crippen LogP contribution in [0.3, 0.4) is 0 Å². The van der Waals surface area contributed by atoms with Crippen molar-refractivity contribution >= 4 is 17.5 Å². The summed E-state index contributed by atoms with van der Waals surface area (Å²) in [5, 5.41) is 12.0. The lowest BCUT2D eigenvalue weighted by Crippen LogP contribution is -2.30. The summed E-state index contributed by atoms with van der Waals surface area (Å²) in [5.41, 5.74) is 3.01. The fourth-order valence-corrected chi connectivity index (χ4v) is 3.96. The van der Waals surface area contributed by atoms with Crippen molar-refractivity contribution in [2.45, 2.75) is 16.2 Å². The quantitative estimate of drug-likeness (QED) is 0.836. The van der Waals surface area contributed by atoms with Crippen LogP contribution in [0, 0.1) is 5.41 Å². The van der Waals surface area contributed by atoms with E-state index in [1.54, 1.807) is 11.8 Å². The molecule has 3 heteroatoms. The Balaban J connectivity index is 1.93. The predicted molar refractivity (Wildman–Crippen MR) is 81.2 cm³/mol. The average molecular weight is 268 g/mol. The summed E-state index contributed by atoms with van der Waals surface area (Å²) in [6, 6.07) is 18.6. The van der Waals surface area contributed by atoms with E-state index >= 15 is 0 Å². The lowest BCUT2D eigenvalue weighted by molar-refractivity contribution is 0.630. The van der Waals surface area contributed by atoms with Crippen LogP contribution in [0.15, 0.2) is 59.5 Å². The molecule has 0 bridgehead atoms. The summed E-state index contributed by atoms with van der Waals surface area (Å²) in [7, 11) is 1.97. The van der Waals surface area contributed by atoms with Gasteiger partial charge >= 0.3 is 0 Å². The Labute approximate surface area is 117 Å². The third-order valence-corrected chi connectivity index (χ3v) is 4.88. The van der Waals surface area contributed by atoms with Crippen molar-refractivity contribution in [3.05, 3.63) is 65.7 Å². The summed E-state index contributed by atoms with van der Waals surface area (Å²) in [6.45, 7) is 0. The SMILES string of the molecule is CNC1c2ccccc2SC1C(=N)c1ccccc1. The molecule has 0 fully saturated rings. The Morgan fingerprint density at radius 1 is 1.05 bits per heavy atom. The molecule has 2 unspecified atom stereocenters. The molecule has 1 aliphatic heterocycles. The average Bonchev–Trinajstić information content (AvgIpc) is 2.85. The zero-order chi connectivity index (χ0) is 13.2. The van der Waals surface area contributed by atoms with E-state index in [-0.39, 0.29) is 11.3 Å². The van der Waals surface area contributed by atoms with Gasteiger partial charge in [0.15, 0.2) is 0 Å². The number of fused-ring (bicyclic) bond motifs is 1. The molecule has 3 rings (SSSR count). The molecule has 0 radical (unpaired) electrons. The monoisotopic (exact) mass is 268 g/mol. The first-order valence-corrected chi connectivity index (χ1v) is 7.26. The smallest absolute Gasteiger partial charge is 0.0711 e. The topological polar surface area (TPSA) is 35.9 Å². The molecule has 0 aromatic heterocycles. The predicted octanol–water partition coefficient (Wildman–Crippen LogP) is 3.49. The van der Waals surface area contributed by atoms with Crippen LogP contribution in [0.2, 0.25) is 0 Å². The highest BCUT2D eigenvalue weighted by atomic mass is 32.2. The molecule has 1 aliphatic rings. The van der Waals surface area contributed by atoms with Gasteiger partial charge in [-0.1, -0.05) is 48.5 Å². The Bertz CT molecular complexity index is 595. The minimum atomic E-state index is 0.143. The second-order valence-corrected chi connectivity index (χ2v) is 5.81. The minimum Gasteiger partial charge on any atom is -0.312 e. The molecule has 0 saturated heterocycles. The number of rotatable bonds is 3. The summed E-state index contributed by atoms with van der Waals surface area (Å²) in [4.78, 5) is 1.28. The number of hydrogen-bond acceptors (Lipinski definition) is 3. The zero-order valence-corrected chi connectivity index (χ0v) is 11.6. The summed E-state index contributed by atoms with van der Waals surface area (Å²) in [6.07, 6.45) is 0. The van der Waals surface area contributed by atoms with Gasteiger partial charge in [0.2, 0.25) is 0 Å². The van der Waals surface area contributed by atoms with Crippen LogP contribution >= 0.6 is 11.8 Å². The Morgan fingerprint density at radius 3 is 2.47 bits per heavy atom. The van der Waals surface area contributed by atoms with Gasteiger partial charge in [-0.15, -0.1) is 11.8 Å². The van der Waals surface area contributed by atoms with E-state index in [0.717, 1.165) is 5.56 Å². The van der Waals surface area contributed by atoms with Gasteiger partial charge in [0, 0.05) is 4.90 Å². The molecule has 0 saturated carbocycles. The largest absolute Gasteiger partial charge is 0.312 e. The number of hydrogen-bond donors (Lipinski definition) is 2. The lowest BCUT2D eigenvalue weighted by Gasteiger charge is -2.20. The van der Waals surface area contributed by atoms with Gasteiger partial charge in [0.25, 0.3) is 0 Å². The van der Waals surface area contributed by atoms with Crippen molar-refractivity contribution in [2.75, 3.05) is 7.05 Å². The summed E-state index contributed by atoms with van der Waals surface area (Å²) < 4.78 is 0. The van der Waals surface area contributed by atoms with Crippen LogP contribution in [0.25, 0.3) is 0 Å². The molecule has 96 valence electrons. The van der Waals surface area contributed by atoms with Gasteiger partial charge in [-0.25, -0.2) is 0 Å². The van der Waals surface area contributed by atoms with Crippen LogP contribution in [0.5, 0.6) is 0 Å². The van der Waals surface area contributed by atoms with Crippen molar-refractivity contribution in [3.8, 4) is 0 Å². The van der Waals surface area contributed by atoms with E-state index in [4.69, 9.17) is 5.41 Å². The molecule has 2 N–H and O–H groups in total. The van der Waals surface area contributed by atoms with E-state index < -0.39 is 0 Å². The van der Waals surface area contributed by atoms with Gasteiger partial charge in [-0.05, 0) is 24.2 Å². The zero-order valence-electron chi connectivity index (χ0n) is 10.8. The van der Waals surface area contributed by atoms with Crippen molar-refractivity contribution < 1.29 is 0 Å². The summed E-state index contributed by atoms with van der Waals surface area (Å²) in [5.74, 6) is 0. The first-order valence-electron chi connectivity index (χ1n) is 6.38. The first-order chi connectivity index (χ1) is 9.31. The Hall–Kier alpha value is -1.58. The number of nitrogens with one attached hydrogen (secondary N) is 2.